The highest BCUT2D eigenvalue weighted by Crippen LogP contribution is 2.27. The number of carbonyl (C=O) groups is 1. The first kappa shape index (κ1) is 19.3. The van der Waals surface area contributed by atoms with Crippen LogP contribution in [0, 0.1) is 0 Å². The van der Waals surface area contributed by atoms with E-state index in [1.54, 1.807) is 24.2 Å². The zero-order valence-corrected chi connectivity index (χ0v) is 16.9. The Morgan fingerprint density at radius 2 is 2.23 bits per heavy atom. The molecule has 0 saturated carbocycles. The van der Waals surface area contributed by atoms with Gasteiger partial charge in [-0.2, -0.15) is 0 Å². The Kier molecular flexibility index (Phi) is 5.64. The average Bonchev–Trinajstić information content (AvgIpc) is 3.19. The number of amides is 1. The molecule has 140 valence electrons. The smallest absolute Gasteiger partial charge is 0.235 e. The molecule has 0 spiro atoms. The van der Waals surface area contributed by atoms with Crippen LogP contribution in [-0.2, 0) is 14.6 Å². The van der Waals surface area contributed by atoms with Crippen molar-refractivity contribution in [2.24, 2.45) is 0 Å². The van der Waals surface area contributed by atoms with Crippen molar-refractivity contribution < 1.29 is 13.2 Å². The van der Waals surface area contributed by atoms with Gasteiger partial charge in [-0.1, -0.05) is 29.4 Å². The second-order valence-electron chi connectivity index (χ2n) is 6.33. The van der Waals surface area contributed by atoms with Crippen LogP contribution in [0.25, 0.3) is 5.69 Å². The van der Waals surface area contributed by atoms with E-state index in [4.69, 9.17) is 11.6 Å². The number of thioether (sulfide) groups is 1. The lowest BCUT2D eigenvalue weighted by Crippen LogP contribution is -2.41. The number of halogens is 1. The molecule has 1 saturated heterocycles. The maximum absolute atomic E-state index is 12.7. The summed E-state index contributed by atoms with van der Waals surface area (Å²) in [6.45, 7) is 1.81. The molecule has 0 N–H and O–H groups in total. The highest BCUT2D eigenvalue weighted by Gasteiger charge is 2.34. The zero-order valence-electron chi connectivity index (χ0n) is 14.5. The first-order chi connectivity index (χ1) is 12.3. The quantitative estimate of drug-likeness (QED) is 0.704. The van der Waals surface area contributed by atoms with Gasteiger partial charge >= 0.3 is 0 Å². The summed E-state index contributed by atoms with van der Waals surface area (Å²) in [5, 5.41) is 0.919. The molecule has 1 fully saturated rings. The molecule has 26 heavy (non-hydrogen) atoms. The average molecular weight is 414 g/mol. The van der Waals surface area contributed by atoms with Crippen LogP contribution >= 0.6 is 23.4 Å². The largest absolute Gasteiger partial charge is 0.341 e. The van der Waals surface area contributed by atoms with Crippen molar-refractivity contribution in [3.05, 3.63) is 41.7 Å². The van der Waals surface area contributed by atoms with Gasteiger partial charge in [-0.25, -0.2) is 13.4 Å². The topological polar surface area (TPSA) is 72.3 Å². The highest BCUT2D eigenvalue weighted by atomic mass is 35.5. The number of imidazole rings is 1. The first-order valence-electron chi connectivity index (χ1n) is 8.20. The normalized spacial score (nSPS) is 20.0. The number of carbonyl (C=O) groups excluding carboxylic acids is 1. The van der Waals surface area contributed by atoms with Crippen LogP contribution in [0.4, 0.5) is 0 Å². The van der Waals surface area contributed by atoms with Gasteiger partial charge in [0.2, 0.25) is 5.91 Å². The molecule has 1 amide bonds. The van der Waals surface area contributed by atoms with Crippen LogP contribution in [0.3, 0.4) is 0 Å². The number of hydrogen-bond donors (Lipinski definition) is 0. The van der Waals surface area contributed by atoms with E-state index in [1.165, 1.54) is 11.8 Å². The Hall–Kier alpha value is -1.51. The second kappa shape index (κ2) is 7.62. The minimum absolute atomic E-state index is 0.0454. The summed E-state index contributed by atoms with van der Waals surface area (Å²) >= 11 is 7.40. The van der Waals surface area contributed by atoms with E-state index in [0.717, 1.165) is 5.69 Å². The third-order valence-electron chi connectivity index (χ3n) is 4.43. The fourth-order valence-corrected chi connectivity index (χ4v) is 5.90. The molecule has 0 bridgehead atoms. The lowest BCUT2D eigenvalue weighted by atomic mass is 10.2. The summed E-state index contributed by atoms with van der Waals surface area (Å²) in [5.41, 5.74) is 0.868. The van der Waals surface area contributed by atoms with Crippen molar-refractivity contribution in [2.45, 2.75) is 29.8 Å². The Bertz CT molecular complexity index is 913. The lowest BCUT2D eigenvalue weighted by molar-refractivity contribution is -0.130. The van der Waals surface area contributed by atoms with Gasteiger partial charge in [0.15, 0.2) is 15.0 Å². The maximum Gasteiger partial charge on any atom is 0.235 e. The van der Waals surface area contributed by atoms with Crippen molar-refractivity contribution in [3.8, 4) is 5.69 Å². The molecule has 9 heteroatoms. The van der Waals surface area contributed by atoms with Crippen LogP contribution in [0.1, 0.15) is 13.3 Å². The molecule has 0 radical (unpaired) electrons. The van der Waals surface area contributed by atoms with Gasteiger partial charge in [-0.05, 0) is 31.5 Å². The molecule has 2 aromatic rings. The third-order valence-corrected chi connectivity index (χ3v) is 7.48. The van der Waals surface area contributed by atoms with Crippen LogP contribution in [0.15, 0.2) is 41.8 Å². The summed E-state index contributed by atoms with van der Waals surface area (Å²) in [7, 11) is -1.35. The van der Waals surface area contributed by atoms with Crippen LogP contribution in [-0.4, -0.2) is 58.6 Å². The molecule has 0 aliphatic carbocycles. The van der Waals surface area contributed by atoms with Crippen LogP contribution < -0.4 is 0 Å². The number of benzene rings is 1. The van der Waals surface area contributed by atoms with E-state index < -0.39 is 9.84 Å². The monoisotopic (exact) mass is 413 g/mol. The zero-order chi connectivity index (χ0) is 18.9. The summed E-state index contributed by atoms with van der Waals surface area (Å²) in [6.07, 6.45) is 3.99. The molecular weight excluding hydrogens is 394 g/mol. The predicted octanol–water partition coefficient (Wildman–Crippen LogP) is 2.65. The number of aromatic nitrogens is 2. The second-order valence-corrected chi connectivity index (χ2v) is 10.3. The van der Waals surface area contributed by atoms with Gasteiger partial charge in [0.25, 0.3) is 0 Å². The van der Waals surface area contributed by atoms with E-state index in [-0.39, 0.29) is 28.7 Å². The van der Waals surface area contributed by atoms with Crippen LogP contribution in [0.5, 0.6) is 0 Å². The highest BCUT2D eigenvalue weighted by molar-refractivity contribution is 8.00. The van der Waals surface area contributed by atoms with E-state index in [1.807, 2.05) is 35.9 Å². The van der Waals surface area contributed by atoms with Gasteiger partial charge in [-0.3, -0.25) is 9.36 Å². The van der Waals surface area contributed by atoms with E-state index in [2.05, 4.69) is 4.98 Å². The van der Waals surface area contributed by atoms with Crippen molar-refractivity contribution in [1.29, 1.82) is 0 Å². The Balaban J connectivity index is 1.72. The van der Waals surface area contributed by atoms with Crippen molar-refractivity contribution in [1.82, 2.24) is 14.5 Å². The predicted molar refractivity (Wildman–Crippen MR) is 104 cm³/mol. The number of hydrogen-bond acceptors (Lipinski definition) is 5. The number of sulfone groups is 1. The van der Waals surface area contributed by atoms with Gasteiger partial charge in [0, 0.05) is 36.2 Å². The van der Waals surface area contributed by atoms with Gasteiger partial charge in [0.05, 0.1) is 16.8 Å². The summed E-state index contributed by atoms with van der Waals surface area (Å²) in [6, 6.07) is 7.15. The molecule has 3 rings (SSSR count). The maximum atomic E-state index is 12.7. The molecule has 2 heterocycles. The lowest BCUT2D eigenvalue weighted by Gasteiger charge is -2.26. The molecule has 1 aliphatic heterocycles. The van der Waals surface area contributed by atoms with E-state index in [9.17, 15) is 13.2 Å². The van der Waals surface area contributed by atoms with Gasteiger partial charge in [-0.15, -0.1) is 0 Å². The Labute approximate surface area is 162 Å². The van der Waals surface area contributed by atoms with E-state index in [0.29, 0.717) is 16.6 Å². The first-order valence-corrected chi connectivity index (χ1v) is 11.3. The fraction of sp³-hybridized carbons (Fsp3) is 0.412. The van der Waals surface area contributed by atoms with Crippen LogP contribution in [0.2, 0.25) is 5.02 Å². The number of nitrogens with zero attached hydrogens (tertiary/aromatic N) is 3. The summed E-state index contributed by atoms with van der Waals surface area (Å²) in [5.74, 6) is 0.0949. The molecule has 1 aromatic heterocycles. The molecule has 1 aromatic carbocycles. The molecule has 2 atom stereocenters. The molecule has 6 nitrogen and oxygen atoms in total. The standard InChI is InChI=1S/C17H20ClN3O3S2/c1-12(16(22)20(2)15-6-9-26(23,24)11-15)25-17-19-7-8-21(17)14-5-3-4-13(18)10-14/h3-5,7-8,10,12,15H,6,9,11H2,1-2H3. The van der Waals surface area contributed by atoms with Crippen molar-refractivity contribution >= 4 is 39.1 Å². The van der Waals surface area contributed by atoms with Crippen molar-refractivity contribution in [3.63, 3.8) is 0 Å². The fourth-order valence-electron chi connectivity index (χ4n) is 2.96. The SMILES string of the molecule is CC(Sc1nccn1-c1cccc(Cl)c1)C(=O)N(C)C1CCS(=O)(=O)C1. The Morgan fingerprint density at radius 3 is 2.88 bits per heavy atom. The molecule has 2 unspecified atom stereocenters. The summed E-state index contributed by atoms with van der Waals surface area (Å²) < 4.78 is 25.2. The van der Waals surface area contributed by atoms with E-state index >= 15 is 0 Å². The molecule has 1 aliphatic rings. The number of rotatable bonds is 5. The minimum Gasteiger partial charge on any atom is -0.341 e. The minimum atomic E-state index is -3.03. The molecular formula is C17H20ClN3O3S2. The third kappa shape index (κ3) is 4.24. The van der Waals surface area contributed by atoms with Crippen molar-refractivity contribution in [2.75, 3.05) is 18.6 Å². The Morgan fingerprint density at radius 1 is 1.46 bits per heavy atom. The summed E-state index contributed by atoms with van der Waals surface area (Å²) in [4.78, 5) is 18.6. The van der Waals surface area contributed by atoms with Gasteiger partial charge in [0.1, 0.15) is 0 Å². The van der Waals surface area contributed by atoms with Gasteiger partial charge < -0.3 is 4.90 Å².